The second-order valence-electron chi connectivity index (χ2n) is 4.40. The fraction of sp³-hybridized carbons (Fsp3) is 0.214. The average molecular weight is 308 g/mol. The standard InChI is InChI=1S/C14H14ClN3O3/c1-2-6-18-7-5-16-12(13(18)19)17-11-4-3-9(14(20)21)8-10(11)15/h3-5,7-8H,2,6H2,1H3,(H,16,17)(H,20,21). The first-order chi connectivity index (χ1) is 10.0. The first-order valence-electron chi connectivity index (χ1n) is 6.38. The molecule has 2 N–H and O–H groups in total. The molecule has 21 heavy (non-hydrogen) atoms. The number of nitrogens with one attached hydrogen (secondary N) is 1. The minimum Gasteiger partial charge on any atom is -0.478 e. The quantitative estimate of drug-likeness (QED) is 0.887. The minimum atomic E-state index is -1.06. The van der Waals surface area contributed by atoms with Gasteiger partial charge in [-0.05, 0) is 24.6 Å². The summed E-state index contributed by atoms with van der Waals surface area (Å²) in [5.74, 6) is -0.914. The number of aromatic nitrogens is 2. The Hall–Kier alpha value is -2.34. The molecule has 1 heterocycles. The Morgan fingerprint density at radius 2 is 2.24 bits per heavy atom. The molecular formula is C14H14ClN3O3. The molecule has 6 nitrogen and oxygen atoms in total. The minimum absolute atomic E-state index is 0.0787. The molecule has 0 aliphatic carbocycles. The van der Waals surface area contributed by atoms with Crippen molar-refractivity contribution in [1.29, 1.82) is 0 Å². The van der Waals surface area contributed by atoms with Crippen molar-refractivity contribution in [2.75, 3.05) is 5.32 Å². The predicted octanol–water partition coefficient (Wildman–Crippen LogP) is 2.75. The summed E-state index contributed by atoms with van der Waals surface area (Å²) >= 11 is 6.01. The fourth-order valence-electron chi connectivity index (χ4n) is 1.83. The molecule has 0 aliphatic rings. The van der Waals surface area contributed by atoms with Crippen LogP contribution in [0.2, 0.25) is 5.02 Å². The van der Waals surface area contributed by atoms with Gasteiger partial charge in [-0.15, -0.1) is 0 Å². The molecule has 2 aromatic rings. The van der Waals surface area contributed by atoms with E-state index in [1.165, 1.54) is 24.4 Å². The Bertz CT molecular complexity index is 728. The van der Waals surface area contributed by atoms with Crippen LogP contribution in [0, 0.1) is 0 Å². The molecule has 0 saturated heterocycles. The number of carboxylic acid groups (broad SMARTS) is 1. The molecule has 0 spiro atoms. The van der Waals surface area contributed by atoms with Gasteiger partial charge in [0.1, 0.15) is 0 Å². The van der Waals surface area contributed by atoms with Gasteiger partial charge in [0.25, 0.3) is 5.56 Å². The van der Waals surface area contributed by atoms with Gasteiger partial charge in [0.2, 0.25) is 0 Å². The van der Waals surface area contributed by atoms with E-state index in [9.17, 15) is 9.59 Å². The van der Waals surface area contributed by atoms with Crippen molar-refractivity contribution in [3.05, 3.63) is 51.5 Å². The van der Waals surface area contributed by atoms with E-state index in [0.717, 1.165) is 6.42 Å². The van der Waals surface area contributed by atoms with Crippen molar-refractivity contribution >= 4 is 29.1 Å². The maximum Gasteiger partial charge on any atom is 0.335 e. The van der Waals surface area contributed by atoms with E-state index in [0.29, 0.717) is 12.2 Å². The van der Waals surface area contributed by atoms with Gasteiger partial charge < -0.3 is 15.0 Å². The number of halogens is 1. The zero-order chi connectivity index (χ0) is 15.4. The first kappa shape index (κ1) is 15.1. The summed E-state index contributed by atoms with van der Waals surface area (Å²) in [6, 6.07) is 4.23. The number of benzene rings is 1. The van der Waals surface area contributed by atoms with E-state index in [-0.39, 0.29) is 22.0 Å². The number of nitrogens with zero attached hydrogens (tertiary/aromatic N) is 2. The topological polar surface area (TPSA) is 84.2 Å². The van der Waals surface area contributed by atoms with Crippen molar-refractivity contribution in [2.45, 2.75) is 19.9 Å². The van der Waals surface area contributed by atoms with Crippen molar-refractivity contribution in [3.8, 4) is 0 Å². The van der Waals surface area contributed by atoms with Gasteiger partial charge in [0, 0.05) is 18.9 Å². The molecular weight excluding hydrogens is 294 g/mol. The highest BCUT2D eigenvalue weighted by molar-refractivity contribution is 6.33. The molecule has 110 valence electrons. The number of hydrogen-bond donors (Lipinski definition) is 2. The fourth-order valence-corrected chi connectivity index (χ4v) is 2.05. The number of carbonyl (C=O) groups is 1. The molecule has 0 atom stereocenters. The van der Waals surface area contributed by atoms with Crippen LogP contribution in [0.5, 0.6) is 0 Å². The van der Waals surface area contributed by atoms with Crippen molar-refractivity contribution in [1.82, 2.24) is 9.55 Å². The van der Waals surface area contributed by atoms with Gasteiger partial charge in [-0.1, -0.05) is 18.5 Å². The highest BCUT2D eigenvalue weighted by atomic mass is 35.5. The summed E-state index contributed by atoms with van der Waals surface area (Å²) in [5.41, 5.74) is 0.258. The van der Waals surface area contributed by atoms with Crippen molar-refractivity contribution in [2.24, 2.45) is 0 Å². The smallest absolute Gasteiger partial charge is 0.335 e. The lowest BCUT2D eigenvalue weighted by atomic mass is 10.2. The summed E-state index contributed by atoms with van der Waals surface area (Å²) in [5, 5.41) is 11.9. The monoisotopic (exact) mass is 307 g/mol. The van der Waals surface area contributed by atoms with E-state index in [1.54, 1.807) is 10.8 Å². The van der Waals surface area contributed by atoms with Crippen LogP contribution in [-0.4, -0.2) is 20.6 Å². The van der Waals surface area contributed by atoms with Crippen LogP contribution in [0.4, 0.5) is 11.5 Å². The Labute approximate surface area is 126 Å². The van der Waals surface area contributed by atoms with E-state index >= 15 is 0 Å². The van der Waals surface area contributed by atoms with Crippen LogP contribution < -0.4 is 10.9 Å². The lowest BCUT2D eigenvalue weighted by Crippen LogP contribution is -2.23. The molecule has 0 unspecified atom stereocenters. The maximum absolute atomic E-state index is 12.2. The van der Waals surface area contributed by atoms with Crippen LogP contribution >= 0.6 is 11.6 Å². The highest BCUT2D eigenvalue weighted by Crippen LogP contribution is 2.24. The first-order valence-corrected chi connectivity index (χ1v) is 6.76. The number of aryl methyl sites for hydroxylation is 1. The number of hydrogen-bond acceptors (Lipinski definition) is 4. The third-order valence-electron chi connectivity index (χ3n) is 2.85. The normalized spacial score (nSPS) is 10.4. The van der Waals surface area contributed by atoms with E-state index in [2.05, 4.69) is 10.3 Å². The Morgan fingerprint density at radius 1 is 1.48 bits per heavy atom. The Morgan fingerprint density at radius 3 is 2.86 bits per heavy atom. The summed E-state index contributed by atoms with van der Waals surface area (Å²) in [6.07, 6.45) is 3.97. The SMILES string of the molecule is CCCn1ccnc(Nc2ccc(C(=O)O)cc2Cl)c1=O. The second-order valence-corrected chi connectivity index (χ2v) is 4.81. The van der Waals surface area contributed by atoms with Gasteiger partial charge in [-0.3, -0.25) is 4.79 Å². The molecule has 0 saturated carbocycles. The third-order valence-corrected chi connectivity index (χ3v) is 3.16. The summed E-state index contributed by atoms with van der Waals surface area (Å²) in [4.78, 5) is 27.0. The molecule has 0 amide bonds. The molecule has 0 fully saturated rings. The number of carboxylic acids is 1. The highest BCUT2D eigenvalue weighted by Gasteiger charge is 2.10. The zero-order valence-electron chi connectivity index (χ0n) is 11.3. The van der Waals surface area contributed by atoms with Crippen LogP contribution in [0.15, 0.2) is 35.4 Å². The lowest BCUT2D eigenvalue weighted by molar-refractivity contribution is 0.0697. The summed E-state index contributed by atoms with van der Waals surface area (Å²) < 4.78 is 1.55. The van der Waals surface area contributed by atoms with Gasteiger partial charge in [-0.2, -0.15) is 0 Å². The van der Waals surface area contributed by atoms with Crippen molar-refractivity contribution in [3.63, 3.8) is 0 Å². The maximum atomic E-state index is 12.2. The molecule has 0 radical (unpaired) electrons. The largest absolute Gasteiger partial charge is 0.478 e. The second kappa shape index (κ2) is 6.41. The van der Waals surface area contributed by atoms with Crippen LogP contribution in [0.1, 0.15) is 23.7 Å². The van der Waals surface area contributed by atoms with Gasteiger partial charge >= 0.3 is 5.97 Å². The van der Waals surface area contributed by atoms with E-state index in [1.807, 2.05) is 6.92 Å². The molecule has 7 heteroatoms. The molecule has 1 aromatic carbocycles. The van der Waals surface area contributed by atoms with Crippen LogP contribution in [-0.2, 0) is 6.54 Å². The van der Waals surface area contributed by atoms with Crippen molar-refractivity contribution < 1.29 is 9.90 Å². The van der Waals surface area contributed by atoms with Gasteiger partial charge in [0.15, 0.2) is 5.82 Å². The number of anilines is 2. The molecule has 0 bridgehead atoms. The molecule has 0 aliphatic heterocycles. The summed E-state index contributed by atoms with van der Waals surface area (Å²) in [7, 11) is 0. The molecule has 1 aromatic heterocycles. The average Bonchev–Trinajstić information content (AvgIpc) is 2.45. The van der Waals surface area contributed by atoms with Crippen LogP contribution in [0.25, 0.3) is 0 Å². The molecule has 2 rings (SSSR count). The number of rotatable bonds is 5. The zero-order valence-corrected chi connectivity index (χ0v) is 12.1. The van der Waals surface area contributed by atoms with Crippen LogP contribution in [0.3, 0.4) is 0 Å². The lowest BCUT2D eigenvalue weighted by Gasteiger charge is -2.10. The van der Waals surface area contributed by atoms with E-state index in [4.69, 9.17) is 16.7 Å². The summed E-state index contributed by atoms with van der Waals surface area (Å²) in [6.45, 7) is 2.57. The predicted molar refractivity (Wildman–Crippen MR) is 80.5 cm³/mol. The van der Waals surface area contributed by atoms with Gasteiger partial charge in [-0.25, -0.2) is 9.78 Å². The Kier molecular flexibility index (Phi) is 4.59. The van der Waals surface area contributed by atoms with E-state index < -0.39 is 5.97 Å². The van der Waals surface area contributed by atoms with Gasteiger partial charge in [0.05, 0.1) is 16.3 Å². The Balaban J connectivity index is 2.32. The third kappa shape index (κ3) is 3.41. The number of aromatic carboxylic acids is 1.